The number of hydrogen-bond acceptors (Lipinski definition) is 4. The smallest absolute Gasteiger partial charge is 0.241 e. The highest BCUT2D eigenvalue weighted by Crippen LogP contribution is 2.07. The number of rotatable bonds is 7. The Balaban J connectivity index is 1.58. The molecular weight excluding hydrogens is 256 g/mol. The normalized spacial score (nSPS) is 10.2. The molecule has 6 nitrogen and oxygen atoms in total. The number of carbonyl (C=O) groups excluding carboxylic acids is 1. The number of benzene rings is 1. The fraction of sp³-hybridized carbons (Fsp3) is 0.286. The Morgan fingerprint density at radius 3 is 2.80 bits per heavy atom. The van der Waals surface area contributed by atoms with Crippen molar-refractivity contribution in [1.82, 2.24) is 15.1 Å². The molecule has 0 saturated heterocycles. The first kappa shape index (κ1) is 13.9. The van der Waals surface area contributed by atoms with Crippen LogP contribution in [0, 0.1) is 0 Å². The molecule has 2 aromatic rings. The Bertz CT molecular complexity index is 539. The molecule has 0 spiro atoms. The number of para-hydroxylation sites is 1. The number of amides is 1. The van der Waals surface area contributed by atoms with Crippen molar-refractivity contribution in [1.29, 1.82) is 0 Å². The first-order valence-electron chi connectivity index (χ1n) is 6.47. The number of hydrogen-bond donors (Lipinski definition) is 2. The first-order valence-corrected chi connectivity index (χ1v) is 6.47. The van der Waals surface area contributed by atoms with Gasteiger partial charge in [-0.05, 0) is 24.6 Å². The molecule has 1 aromatic carbocycles. The van der Waals surface area contributed by atoms with E-state index in [0.717, 1.165) is 12.2 Å². The summed E-state index contributed by atoms with van der Waals surface area (Å²) in [6.07, 6.45) is 2.43. The minimum Gasteiger partial charge on any atom is -0.494 e. The minimum absolute atomic E-state index is 0.0900. The van der Waals surface area contributed by atoms with Crippen LogP contribution in [0.2, 0.25) is 0 Å². The molecule has 0 unspecified atom stereocenters. The molecule has 1 heterocycles. The number of nitrogens with two attached hydrogens (primary N) is 1. The van der Waals surface area contributed by atoms with Crippen LogP contribution in [0.4, 0.5) is 5.82 Å². The molecule has 0 aliphatic carbocycles. The zero-order valence-electron chi connectivity index (χ0n) is 11.2. The van der Waals surface area contributed by atoms with Gasteiger partial charge in [-0.2, -0.15) is 5.10 Å². The van der Waals surface area contributed by atoms with Crippen LogP contribution < -0.4 is 15.8 Å². The summed E-state index contributed by atoms with van der Waals surface area (Å²) >= 11 is 0. The predicted octanol–water partition coefficient (Wildman–Crippen LogP) is 1.05. The molecule has 106 valence electrons. The number of carbonyl (C=O) groups is 1. The van der Waals surface area contributed by atoms with Gasteiger partial charge < -0.3 is 15.8 Å². The molecule has 0 saturated carbocycles. The molecule has 20 heavy (non-hydrogen) atoms. The highest BCUT2D eigenvalue weighted by atomic mass is 16.5. The maximum Gasteiger partial charge on any atom is 0.241 e. The Hall–Kier alpha value is -2.50. The third-order valence-electron chi connectivity index (χ3n) is 2.62. The molecule has 1 aromatic heterocycles. The summed E-state index contributed by atoms with van der Waals surface area (Å²) in [7, 11) is 0. The Morgan fingerprint density at radius 2 is 2.10 bits per heavy atom. The van der Waals surface area contributed by atoms with Crippen molar-refractivity contribution in [2.24, 2.45) is 0 Å². The SMILES string of the molecule is Nc1ccn(CC(=O)NCCCOc2ccccc2)n1. The van der Waals surface area contributed by atoms with Crippen LogP contribution in [0.15, 0.2) is 42.6 Å². The lowest BCUT2D eigenvalue weighted by Crippen LogP contribution is -2.29. The second kappa shape index (κ2) is 7.18. The number of nitrogen functional groups attached to an aromatic ring is 1. The number of aromatic nitrogens is 2. The van der Waals surface area contributed by atoms with E-state index >= 15 is 0 Å². The maximum absolute atomic E-state index is 11.6. The summed E-state index contributed by atoms with van der Waals surface area (Å²) < 4.78 is 7.03. The van der Waals surface area contributed by atoms with E-state index in [9.17, 15) is 4.79 Å². The van der Waals surface area contributed by atoms with Gasteiger partial charge in [0, 0.05) is 12.7 Å². The lowest BCUT2D eigenvalue weighted by atomic mass is 10.3. The number of nitrogens with zero attached hydrogens (tertiary/aromatic N) is 2. The van der Waals surface area contributed by atoms with Gasteiger partial charge in [0.05, 0.1) is 6.61 Å². The van der Waals surface area contributed by atoms with Gasteiger partial charge in [-0.15, -0.1) is 0 Å². The fourth-order valence-corrected chi connectivity index (χ4v) is 1.68. The third-order valence-corrected chi connectivity index (χ3v) is 2.62. The van der Waals surface area contributed by atoms with Gasteiger partial charge in [-0.1, -0.05) is 18.2 Å². The summed E-state index contributed by atoms with van der Waals surface area (Å²) in [4.78, 5) is 11.6. The van der Waals surface area contributed by atoms with E-state index in [4.69, 9.17) is 10.5 Å². The minimum atomic E-state index is -0.0900. The number of nitrogens with one attached hydrogen (secondary N) is 1. The van der Waals surface area contributed by atoms with Crippen molar-refractivity contribution in [3.8, 4) is 5.75 Å². The molecule has 3 N–H and O–H groups in total. The standard InChI is InChI=1S/C14H18N4O2/c15-13-7-9-18(17-13)11-14(19)16-8-4-10-20-12-5-2-1-3-6-12/h1-3,5-7,9H,4,8,10-11H2,(H2,15,17)(H,16,19). The quantitative estimate of drug-likeness (QED) is 0.739. The highest BCUT2D eigenvalue weighted by Gasteiger charge is 2.03. The summed E-state index contributed by atoms with van der Waals surface area (Å²) in [5.41, 5.74) is 5.47. The lowest BCUT2D eigenvalue weighted by Gasteiger charge is -2.07. The highest BCUT2D eigenvalue weighted by molar-refractivity contribution is 5.75. The van der Waals surface area contributed by atoms with E-state index in [1.54, 1.807) is 12.3 Å². The van der Waals surface area contributed by atoms with Crippen LogP contribution in [-0.4, -0.2) is 28.8 Å². The van der Waals surface area contributed by atoms with E-state index in [-0.39, 0.29) is 12.5 Å². The van der Waals surface area contributed by atoms with Crippen molar-refractivity contribution < 1.29 is 9.53 Å². The summed E-state index contributed by atoms with van der Waals surface area (Å²) in [5.74, 6) is 1.16. The Kier molecular flexibility index (Phi) is 5.00. The molecule has 0 radical (unpaired) electrons. The van der Waals surface area contributed by atoms with Crippen molar-refractivity contribution >= 4 is 11.7 Å². The van der Waals surface area contributed by atoms with Gasteiger partial charge in [0.2, 0.25) is 5.91 Å². The van der Waals surface area contributed by atoms with Crippen molar-refractivity contribution in [2.45, 2.75) is 13.0 Å². The molecule has 6 heteroatoms. The second-order valence-electron chi connectivity index (χ2n) is 4.30. The van der Waals surface area contributed by atoms with Gasteiger partial charge in [-0.25, -0.2) is 0 Å². The summed E-state index contributed by atoms with van der Waals surface area (Å²) in [6, 6.07) is 11.2. The van der Waals surface area contributed by atoms with Crippen molar-refractivity contribution in [3.63, 3.8) is 0 Å². The largest absolute Gasteiger partial charge is 0.494 e. The third kappa shape index (κ3) is 4.64. The number of ether oxygens (including phenoxy) is 1. The first-order chi connectivity index (χ1) is 9.74. The van der Waals surface area contributed by atoms with Gasteiger partial charge in [-0.3, -0.25) is 9.48 Å². The molecule has 0 atom stereocenters. The van der Waals surface area contributed by atoms with E-state index < -0.39 is 0 Å². The van der Waals surface area contributed by atoms with Crippen LogP contribution in [0.5, 0.6) is 5.75 Å². The molecule has 2 rings (SSSR count). The van der Waals surface area contributed by atoms with E-state index in [2.05, 4.69) is 10.4 Å². The Morgan fingerprint density at radius 1 is 1.30 bits per heavy atom. The molecule has 0 bridgehead atoms. The molecule has 0 fully saturated rings. The zero-order chi connectivity index (χ0) is 14.2. The summed E-state index contributed by atoms with van der Waals surface area (Å²) in [6.45, 7) is 1.32. The van der Waals surface area contributed by atoms with Crippen LogP contribution in [0.1, 0.15) is 6.42 Å². The monoisotopic (exact) mass is 274 g/mol. The van der Waals surface area contributed by atoms with E-state index in [0.29, 0.717) is 19.0 Å². The van der Waals surface area contributed by atoms with Crippen LogP contribution >= 0.6 is 0 Å². The van der Waals surface area contributed by atoms with E-state index in [1.165, 1.54) is 4.68 Å². The fourth-order valence-electron chi connectivity index (χ4n) is 1.68. The number of anilines is 1. The van der Waals surface area contributed by atoms with Crippen LogP contribution in [-0.2, 0) is 11.3 Å². The molecule has 0 aliphatic heterocycles. The predicted molar refractivity (Wildman–Crippen MR) is 76.2 cm³/mol. The average molecular weight is 274 g/mol. The zero-order valence-corrected chi connectivity index (χ0v) is 11.2. The molecule has 0 aliphatic rings. The summed E-state index contributed by atoms with van der Waals surface area (Å²) in [5, 5.41) is 6.75. The van der Waals surface area contributed by atoms with Crippen molar-refractivity contribution in [3.05, 3.63) is 42.6 Å². The van der Waals surface area contributed by atoms with Crippen LogP contribution in [0.25, 0.3) is 0 Å². The van der Waals surface area contributed by atoms with Gasteiger partial charge in [0.1, 0.15) is 18.1 Å². The lowest BCUT2D eigenvalue weighted by molar-refractivity contribution is -0.121. The van der Waals surface area contributed by atoms with Gasteiger partial charge >= 0.3 is 0 Å². The molecular formula is C14H18N4O2. The second-order valence-corrected chi connectivity index (χ2v) is 4.30. The molecule has 1 amide bonds. The van der Waals surface area contributed by atoms with E-state index in [1.807, 2.05) is 30.3 Å². The van der Waals surface area contributed by atoms with Crippen molar-refractivity contribution in [2.75, 3.05) is 18.9 Å². The van der Waals surface area contributed by atoms with Gasteiger partial charge in [0.25, 0.3) is 0 Å². The van der Waals surface area contributed by atoms with Gasteiger partial charge in [0.15, 0.2) is 0 Å². The van der Waals surface area contributed by atoms with Crippen LogP contribution in [0.3, 0.4) is 0 Å². The topological polar surface area (TPSA) is 82.2 Å². The maximum atomic E-state index is 11.6. The average Bonchev–Trinajstić information content (AvgIpc) is 2.85. The Labute approximate surface area is 117 Å².